The summed E-state index contributed by atoms with van der Waals surface area (Å²) in [5.41, 5.74) is 1.98. The number of nitrogens with one attached hydrogen (secondary N) is 2. The molecule has 0 heterocycles. The highest BCUT2D eigenvalue weighted by molar-refractivity contribution is 14.1. The van der Waals surface area contributed by atoms with Gasteiger partial charge in [-0.25, -0.2) is 0 Å². The van der Waals surface area contributed by atoms with Crippen LogP contribution in [-0.4, -0.2) is 11.0 Å². The van der Waals surface area contributed by atoms with Gasteiger partial charge in [0.15, 0.2) is 0 Å². The highest BCUT2D eigenvalue weighted by Crippen LogP contribution is 2.22. The van der Waals surface area contributed by atoms with E-state index < -0.39 is 5.91 Å². The first-order valence-corrected chi connectivity index (χ1v) is 7.81. The van der Waals surface area contributed by atoms with Crippen LogP contribution in [0.2, 0.25) is 0 Å². The van der Waals surface area contributed by atoms with Gasteiger partial charge in [0.2, 0.25) is 0 Å². The Kier molecular flexibility index (Phi) is 5.60. The van der Waals surface area contributed by atoms with E-state index in [1.165, 1.54) is 12.3 Å². The van der Waals surface area contributed by atoms with Gasteiger partial charge in [-0.3, -0.25) is 4.79 Å². The Morgan fingerprint density at radius 3 is 2.65 bits per heavy atom. The average Bonchev–Trinajstić information content (AvgIpc) is 2.52. The van der Waals surface area contributed by atoms with E-state index in [4.69, 9.17) is 5.26 Å². The zero-order valence-corrected chi connectivity index (χ0v) is 14.5. The third-order valence-electron chi connectivity index (χ3n) is 3.08. The Morgan fingerprint density at radius 1 is 1.26 bits per heavy atom. The molecule has 0 fully saturated rings. The minimum Gasteiger partial charge on any atom is -0.506 e. The molecule has 2 rings (SSSR count). The quantitative estimate of drug-likeness (QED) is 0.305. The van der Waals surface area contributed by atoms with Gasteiger partial charge in [-0.15, -0.1) is 0 Å². The van der Waals surface area contributed by atoms with Crippen molar-refractivity contribution in [2.24, 2.45) is 0 Å². The largest absolute Gasteiger partial charge is 0.506 e. The lowest BCUT2D eigenvalue weighted by Gasteiger charge is -2.08. The summed E-state index contributed by atoms with van der Waals surface area (Å²) in [4.78, 5) is 12.1. The number of para-hydroxylation sites is 2. The monoisotopic (exact) mass is 419 g/mol. The Morgan fingerprint density at radius 2 is 2.00 bits per heavy atom. The zero-order chi connectivity index (χ0) is 16.8. The molecular formula is C17H14IN3O2. The van der Waals surface area contributed by atoms with Gasteiger partial charge in [0, 0.05) is 15.5 Å². The van der Waals surface area contributed by atoms with Gasteiger partial charge in [-0.2, -0.15) is 5.26 Å². The first kappa shape index (κ1) is 16.8. The Labute approximate surface area is 147 Å². The van der Waals surface area contributed by atoms with Crippen LogP contribution < -0.4 is 10.6 Å². The Balaban J connectivity index is 2.14. The fourth-order valence-electron chi connectivity index (χ4n) is 1.86. The molecule has 0 saturated heterocycles. The molecule has 6 heteroatoms. The number of benzene rings is 2. The Hall–Kier alpha value is -2.53. The van der Waals surface area contributed by atoms with E-state index in [2.05, 4.69) is 33.2 Å². The van der Waals surface area contributed by atoms with Crippen LogP contribution in [0.3, 0.4) is 0 Å². The number of hydrogen-bond donors (Lipinski definition) is 3. The molecule has 2 aromatic rings. The van der Waals surface area contributed by atoms with E-state index in [0.29, 0.717) is 0 Å². The smallest absolute Gasteiger partial charge is 0.267 e. The molecular weight excluding hydrogens is 405 g/mol. The van der Waals surface area contributed by atoms with Crippen molar-refractivity contribution in [1.29, 1.82) is 5.26 Å². The van der Waals surface area contributed by atoms with Crippen LogP contribution in [-0.2, 0) is 4.79 Å². The molecule has 23 heavy (non-hydrogen) atoms. The second-order valence-corrected chi connectivity index (χ2v) is 5.99. The fraction of sp³-hybridized carbons (Fsp3) is 0.0588. The van der Waals surface area contributed by atoms with Gasteiger partial charge in [0.05, 0.1) is 5.69 Å². The lowest BCUT2D eigenvalue weighted by Crippen LogP contribution is -2.14. The van der Waals surface area contributed by atoms with Crippen molar-refractivity contribution in [2.45, 2.75) is 6.92 Å². The number of phenols is 1. The predicted octanol–water partition coefficient (Wildman–Crippen LogP) is 3.76. The minimum absolute atomic E-state index is 0.0559. The molecule has 0 atom stereocenters. The van der Waals surface area contributed by atoms with Gasteiger partial charge in [-0.1, -0.05) is 12.1 Å². The molecule has 1 amide bonds. The Bertz CT molecular complexity index is 810. The highest BCUT2D eigenvalue weighted by Gasteiger charge is 2.11. The first-order chi connectivity index (χ1) is 11.0. The summed E-state index contributed by atoms with van der Waals surface area (Å²) in [7, 11) is 0. The summed E-state index contributed by atoms with van der Waals surface area (Å²) in [6, 6.07) is 14.0. The molecule has 0 spiro atoms. The van der Waals surface area contributed by atoms with Crippen molar-refractivity contribution < 1.29 is 9.90 Å². The second kappa shape index (κ2) is 7.65. The van der Waals surface area contributed by atoms with Crippen LogP contribution in [0.4, 0.5) is 11.4 Å². The van der Waals surface area contributed by atoms with E-state index in [9.17, 15) is 9.90 Å². The predicted molar refractivity (Wildman–Crippen MR) is 98.0 cm³/mol. The number of aromatic hydroxyl groups is 1. The third-order valence-corrected chi connectivity index (χ3v) is 3.75. The number of halogens is 1. The molecule has 0 aliphatic carbocycles. The van der Waals surface area contributed by atoms with Crippen LogP contribution in [0, 0.1) is 21.8 Å². The van der Waals surface area contributed by atoms with Crippen molar-refractivity contribution in [1.82, 2.24) is 0 Å². The van der Waals surface area contributed by atoms with E-state index >= 15 is 0 Å². The lowest BCUT2D eigenvalue weighted by atomic mass is 10.2. The molecule has 0 radical (unpaired) electrons. The standard InChI is InChI=1S/C17H14IN3O2/c1-11-8-13(18)6-7-14(11)20-10-12(9-19)17(23)21-15-4-2-3-5-16(15)22/h2-8,10,20,22H,1H3,(H,21,23)/b12-10-. The molecule has 0 aliphatic rings. The lowest BCUT2D eigenvalue weighted by molar-refractivity contribution is -0.112. The van der Waals surface area contributed by atoms with Gasteiger partial charge >= 0.3 is 0 Å². The molecule has 0 unspecified atom stereocenters. The molecule has 0 aliphatic heterocycles. The summed E-state index contributed by atoms with van der Waals surface area (Å²) >= 11 is 2.21. The van der Waals surface area contributed by atoms with Crippen molar-refractivity contribution in [3.05, 3.63) is 63.4 Å². The van der Waals surface area contributed by atoms with Gasteiger partial charge < -0.3 is 15.7 Å². The number of carbonyl (C=O) groups excluding carboxylic acids is 1. The zero-order valence-electron chi connectivity index (χ0n) is 12.3. The van der Waals surface area contributed by atoms with Crippen molar-refractivity contribution in [2.75, 3.05) is 10.6 Å². The maximum atomic E-state index is 12.1. The number of nitriles is 1. The number of amides is 1. The topological polar surface area (TPSA) is 85.2 Å². The summed E-state index contributed by atoms with van der Waals surface area (Å²) in [6.45, 7) is 1.94. The normalized spacial score (nSPS) is 10.7. The number of rotatable bonds is 4. The van der Waals surface area contributed by atoms with Crippen molar-refractivity contribution in [3.63, 3.8) is 0 Å². The molecule has 116 valence electrons. The maximum absolute atomic E-state index is 12.1. The van der Waals surface area contributed by atoms with E-state index in [1.807, 2.05) is 31.2 Å². The summed E-state index contributed by atoms with van der Waals surface area (Å²) < 4.78 is 1.10. The second-order valence-electron chi connectivity index (χ2n) is 4.74. The van der Waals surface area contributed by atoms with Crippen molar-refractivity contribution >= 4 is 39.9 Å². The number of anilines is 2. The van der Waals surface area contributed by atoms with E-state index in [-0.39, 0.29) is 17.0 Å². The minimum atomic E-state index is -0.593. The molecule has 0 aromatic heterocycles. The van der Waals surface area contributed by atoms with Crippen LogP contribution in [0.15, 0.2) is 54.2 Å². The highest BCUT2D eigenvalue weighted by atomic mass is 127. The van der Waals surface area contributed by atoms with Crippen LogP contribution in [0.25, 0.3) is 0 Å². The fourth-order valence-corrected chi connectivity index (χ4v) is 2.50. The first-order valence-electron chi connectivity index (χ1n) is 6.73. The van der Waals surface area contributed by atoms with Crippen LogP contribution >= 0.6 is 22.6 Å². The number of aryl methyl sites for hydroxylation is 1. The summed E-state index contributed by atoms with van der Waals surface area (Å²) in [6.07, 6.45) is 1.35. The summed E-state index contributed by atoms with van der Waals surface area (Å²) in [5.74, 6) is -0.649. The van der Waals surface area contributed by atoms with Crippen molar-refractivity contribution in [3.8, 4) is 11.8 Å². The molecule has 0 bridgehead atoms. The molecule has 5 nitrogen and oxygen atoms in total. The van der Waals surface area contributed by atoms with Gasteiger partial charge in [0.25, 0.3) is 5.91 Å². The van der Waals surface area contributed by atoms with E-state index in [1.54, 1.807) is 18.2 Å². The van der Waals surface area contributed by atoms with Crippen LogP contribution in [0.5, 0.6) is 5.75 Å². The molecule has 0 saturated carbocycles. The number of phenolic OH excluding ortho intramolecular Hbond substituents is 1. The number of hydrogen-bond acceptors (Lipinski definition) is 4. The van der Waals surface area contributed by atoms with Gasteiger partial charge in [-0.05, 0) is 65.4 Å². The maximum Gasteiger partial charge on any atom is 0.267 e. The van der Waals surface area contributed by atoms with E-state index in [0.717, 1.165) is 14.8 Å². The average molecular weight is 419 g/mol. The SMILES string of the molecule is Cc1cc(I)ccc1N/C=C(/C#N)C(=O)Nc1ccccc1O. The third kappa shape index (κ3) is 4.47. The van der Waals surface area contributed by atoms with Crippen LogP contribution in [0.1, 0.15) is 5.56 Å². The molecule has 3 N–H and O–H groups in total. The van der Waals surface area contributed by atoms with Gasteiger partial charge in [0.1, 0.15) is 17.4 Å². The number of carbonyl (C=O) groups is 1. The number of nitrogens with zero attached hydrogens (tertiary/aromatic N) is 1. The molecule has 2 aromatic carbocycles. The summed E-state index contributed by atoms with van der Waals surface area (Å²) in [5, 5.41) is 24.3.